The van der Waals surface area contributed by atoms with Crippen LogP contribution >= 0.6 is 22.9 Å². The van der Waals surface area contributed by atoms with E-state index >= 15 is 0 Å². The molecule has 10 nitrogen and oxygen atoms in total. The van der Waals surface area contributed by atoms with Crippen LogP contribution in [0.3, 0.4) is 0 Å². The Morgan fingerprint density at radius 3 is 2.63 bits per heavy atom. The Hall–Kier alpha value is -3.29. The number of thiophene rings is 1. The van der Waals surface area contributed by atoms with Crippen molar-refractivity contribution in [1.82, 2.24) is 25.2 Å². The molecule has 4 N–H and O–H groups in total. The number of carbonyl (C=O) groups excluding carboxylic acids is 1. The van der Waals surface area contributed by atoms with Gasteiger partial charge in [-0.3, -0.25) is 10.0 Å². The van der Waals surface area contributed by atoms with Gasteiger partial charge in [-0.25, -0.2) is 23.3 Å². The zero-order valence-corrected chi connectivity index (χ0v) is 20.4. The van der Waals surface area contributed by atoms with Crippen molar-refractivity contribution in [2.75, 3.05) is 0 Å². The highest BCUT2D eigenvalue weighted by atomic mass is 35.5. The number of amides is 1. The van der Waals surface area contributed by atoms with E-state index in [9.17, 15) is 18.3 Å². The van der Waals surface area contributed by atoms with Crippen molar-refractivity contribution in [3.05, 3.63) is 83.1 Å². The van der Waals surface area contributed by atoms with Crippen LogP contribution in [0.25, 0.3) is 10.4 Å². The summed E-state index contributed by atoms with van der Waals surface area (Å²) in [6.45, 7) is -0.153. The Morgan fingerprint density at radius 1 is 1.14 bits per heavy atom. The predicted octanol–water partition coefficient (Wildman–Crippen LogP) is 3.13. The van der Waals surface area contributed by atoms with Crippen molar-refractivity contribution < 1.29 is 23.5 Å². The average molecular weight is 534 g/mol. The van der Waals surface area contributed by atoms with E-state index in [2.05, 4.69) is 15.0 Å². The Kier molecular flexibility index (Phi) is 7.48. The fourth-order valence-electron chi connectivity index (χ4n) is 3.29. The maximum atomic E-state index is 12.8. The molecule has 0 bridgehead atoms. The minimum atomic E-state index is -3.80. The molecule has 0 fully saturated rings. The van der Waals surface area contributed by atoms with Gasteiger partial charge >= 0.3 is 0 Å². The van der Waals surface area contributed by atoms with Gasteiger partial charge < -0.3 is 5.11 Å². The molecule has 1 amide bonds. The number of halogens is 1. The lowest BCUT2D eigenvalue weighted by Crippen LogP contribution is -2.32. The molecule has 0 spiro atoms. The second-order valence-electron chi connectivity index (χ2n) is 7.48. The largest absolute Gasteiger partial charge is 0.506 e. The number of hydroxylamine groups is 1. The molecule has 0 saturated heterocycles. The summed E-state index contributed by atoms with van der Waals surface area (Å²) >= 11 is 7.08. The van der Waals surface area contributed by atoms with Crippen molar-refractivity contribution >= 4 is 38.9 Å². The molecule has 0 saturated carbocycles. The summed E-state index contributed by atoms with van der Waals surface area (Å²) in [6, 6.07) is 16.2. The number of aromatic nitrogens is 3. The molecule has 0 aliphatic carbocycles. The number of aromatic hydroxyl groups is 1. The Bertz CT molecular complexity index is 1440. The number of nitrogens with one attached hydrogen (secondary N) is 2. The van der Waals surface area contributed by atoms with Gasteiger partial charge in [0, 0.05) is 11.3 Å². The zero-order chi connectivity index (χ0) is 25.0. The second-order valence-corrected chi connectivity index (χ2v) is 11.0. The summed E-state index contributed by atoms with van der Waals surface area (Å²) in [5.74, 6) is -0.853. The van der Waals surface area contributed by atoms with Crippen molar-refractivity contribution in [2.45, 2.75) is 23.2 Å². The van der Waals surface area contributed by atoms with E-state index in [0.717, 1.165) is 21.8 Å². The second kappa shape index (κ2) is 10.5. The molecule has 182 valence electrons. The lowest BCUT2D eigenvalue weighted by atomic mass is 10.1. The lowest BCUT2D eigenvalue weighted by Gasteiger charge is -2.15. The topological polar surface area (TPSA) is 146 Å². The first-order chi connectivity index (χ1) is 16.8. The number of phenols is 1. The van der Waals surface area contributed by atoms with Crippen LogP contribution in [0, 0.1) is 0 Å². The van der Waals surface area contributed by atoms with E-state index in [-0.39, 0.29) is 33.6 Å². The summed E-state index contributed by atoms with van der Waals surface area (Å²) in [5.41, 5.74) is 3.39. The Morgan fingerprint density at radius 2 is 1.91 bits per heavy atom. The number of sulfonamides is 1. The third-order valence-corrected chi connectivity index (χ3v) is 8.41. The summed E-state index contributed by atoms with van der Waals surface area (Å²) in [4.78, 5) is 13.1. The standard InChI is InChI=1S/C22H20ClN5O5S2/c23-17-10-14(6-7-19(17)29)11-18(22(30)26-31)28-13-16(25-27-28)12-24-35(32,33)21-9-8-20(34-21)15-4-2-1-3-5-15/h1-10,13,18,24,29,31H,11-12H2,(H,26,30). The van der Waals surface area contributed by atoms with Gasteiger partial charge in [0.15, 0.2) is 0 Å². The minimum Gasteiger partial charge on any atom is -0.506 e. The van der Waals surface area contributed by atoms with E-state index in [1.54, 1.807) is 17.6 Å². The molecule has 13 heteroatoms. The lowest BCUT2D eigenvalue weighted by molar-refractivity contribution is -0.133. The van der Waals surface area contributed by atoms with E-state index in [4.69, 9.17) is 16.8 Å². The highest BCUT2D eigenvalue weighted by Crippen LogP contribution is 2.30. The first-order valence-corrected chi connectivity index (χ1v) is 12.9. The van der Waals surface area contributed by atoms with E-state index in [1.807, 2.05) is 30.3 Å². The normalized spacial score (nSPS) is 12.4. The van der Waals surface area contributed by atoms with Crippen molar-refractivity contribution in [1.29, 1.82) is 0 Å². The summed E-state index contributed by atoms with van der Waals surface area (Å²) in [6.07, 6.45) is 1.49. The van der Waals surface area contributed by atoms with Gasteiger partial charge in [0.1, 0.15) is 16.0 Å². The number of nitrogens with zero attached hydrogens (tertiary/aromatic N) is 3. The molecular formula is C22H20ClN5O5S2. The van der Waals surface area contributed by atoms with Crippen LogP contribution in [0.2, 0.25) is 5.02 Å². The SMILES string of the molecule is O=C(NO)C(Cc1ccc(O)c(Cl)c1)n1cc(CNS(=O)(=O)c2ccc(-c3ccccc3)s2)nn1. The quantitative estimate of drug-likeness (QED) is 0.191. The highest BCUT2D eigenvalue weighted by molar-refractivity contribution is 7.91. The van der Waals surface area contributed by atoms with Crippen LogP contribution in [-0.4, -0.2) is 39.6 Å². The molecule has 0 radical (unpaired) electrons. The van der Waals surface area contributed by atoms with Crippen LogP contribution in [-0.2, 0) is 27.8 Å². The molecule has 2 aromatic heterocycles. The molecule has 0 aliphatic rings. The van der Waals surface area contributed by atoms with Gasteiger partial charge in [-0.2, -0.15) is 0 Å². The first-order valence-electron chi connectivity index (χ1n) is 10.2. The van der Waals surface area contributed by atoms with Crippen LogP contribution in [0.5, 0.6) is 5.75 Å². The highest BCUT2D eigenvalue weighted by Gasteiger charge is 2.24. The predicted molar refractivity (Wildman–Crippen MR) is 130 cm³/mol. The molecule has 35 heavy (non-hydrogen) atoms. The fourth-order valence-corrected chi connectivity index (χ4v) is 5.85. The summed E-state index contributed by atoms with van der Waals surface area (Å²) in [5, 5.41) is 26.7. The minimum absolute atomic E-state index is 0.0817. The zero-order valence-electron chi connectivity index (χ0n) is 18.0. The number of benzene rings is 2. The van der Waals surface area contributed by atoms with Gasteiger partial charge in [0.05, 0.1) is 23.5 Å². The monoisotopic (exact) mass is 533 g/mol. The van der Waals surface area contributed by atoms with Crippen LogP contribution in [0.15, 0.2) is 71.1 Å². The van der Waals surface area contributed by atoms with Gasteiger partial charge in [-0.15, -0.1) is 16.4 Å². The van der Waals surface area contributed by atoms with Gasteiger partial charge in [-0.1, -0.05) is 53.2 Å². The first kappa shape index (κ1) is 24.8. The maximum absolute atomic E-state index is 12.8. The molecule has 4 aromatic rings. The van der Waals surface area contributed by atoms with Crippen molar-refractivity contribution in [3.8, 4) is 16.2 Å². The summed E-state index contributed by atoms with van der Waals surface area (Å²) in [7, 11) is -3.80. The molecule has 0 aliphatic heterocycles. The van der Waals surface area contributed by atoms with Gasteiger partial charge in [-0.05, 0) is 35.4 Å². The fraction of sp³-hybridized carbons (Fsp3) is 0.136. The molecule has 2 aromatic carbocycles. The van der Waals surface area contributed by atoms with Gasteiger partial charge in [0.2, 0.25) is 10.0 Å². The Balaban J connectivity index is 1.46. The number of rotatable bonds is 9. The number of hydrogen-bond donors (Lipinski definition) is 4. The van der Waals surface area contributed by atoms with E-state index < -0.39 is 22.0 Å². The Labute approximate surface area is 209 Å². The summed E-state index contributed by atoms with van der Waals surface area (Å²) < 4.78 is 29.4. The molecular weight excluding hydrogens is 514 g/mol. The molecule has 1 unspecified atom stereocenters. The number of carbonyl (C=O) groups is 1. The van der Waals surface area contributed by atoms with Crippen molar-refractivity contribution in [3.63, 3.8) is 0 Å². The van der Waals surface area contributed by atoms with Crippen LogP contribution in [0.4, 0.5) is 0 Å². The smallest absolute Gasteiger partial charge is 0.268 e. The van der Waals surface area contributed by atoms with E-state index in [1.165, 1.54) is 29.1 Å². The maximum Gasteiger partial charge on any atom is 0.268 e. The number of hydrogen-bond acceptors (Lipinski definition) is 8. The third-order valence-electron chi connectivity index (χ3n) is 5.08. The molecule has 2 heterocycles. The average Bonchev–Trinajstić information content (AvgIpc) is 3.54. The molecule has 4 rings (SSSR count). The van der Waals surface area contributed by atoms with Crippen molar-refractivity contribution in [2.24, 2.45) is 0 Å². The number of phenolic OH excluding ortho intramolecular Hbond substituents is 1. The van der Waals surface area contributed by atoms with Gasteiger partial charge in [0.25, 0.3) is 5.91 Å². The van der Waals surface area contributed by atoms with Crippen LogP contribution in [0.1, 0.15) is 17.3 Å². The molecule has 1 atom stereocenters. The third kappa shape index (κ3) is 5.86. The van der Waals surface area contributed by atoms with E-state index in [0.29, 0.717) is 5.56 Å². The van der Waals surface area contributed by atoms with Crippen LogP contribution < -0.4 is 10.2 Å².